The fraction of sp³-hybridized carbons (Fsp3) is 0.778. The first-order valence-corrected chi connectivity index (χ1v) is 8.60. The van der Waals surface area contributed by atoms with Gasteiger partial charge in [-0.2, -0.15) is 0 Å². The Morgan fingerprint density at radius 2 is 1.70 bits per heavy atom. The summed E-state index contributed by atoms with van der Waals surface area (Å²) in [7, 11) is 2.24. The molecule has 1 aliphatic heterocycles. The van der Waals surface area contributed by atoms with E-state index >= 15 is 0 Å². The van der Waals surface area contributed by atoms with Gasteiger partial charge < -0.3 is 4.90 Å². The van der Waals surface area contributed by atoms with Crippen LogP contribution in [0, 0.1) is 12.3 Å². The van der Waals surface area contributed by atoms with E-state index in [1.54, 1.807) is 0 Å². The van der Waals surface area contributed by atoms with Crippen LogP contribution in [0.3, 0.4) is 0 Å². The fourth-order valence-corrected chi connectivity index (χ4v) is 3.77. The quantitative estimate of drug-likeness (QED) is 0.612. The van der Waals surface area contributed by atoms with Crippen LogP contribution in [-0.4, -0.2) is 24.5 Å². The van der Waals surface area contributed by atoms with Crippen LogP contribution in [0.2, 0.25) is 0 Å². The lowest BCUT2D eigenvalue weighted by Crippen LogP contribution is -2.36. The van der Waals surface area contributed by atoms with Crippen molar-refractivity contribution in [2.24, 2.45) is 5.41 Å². The number of likely N-dealkylation sites (tertiary alicyclic amines) is 1. The third-order valence-electron chi connectivity index (χ3n) is 4.00. The van der Waals surface area contributed by atoms with E-state index in [1.165, 1.54) is 29.1 Å². The topological polar surface area (TPSA) is 3.24 Å². The second-order valence-electron chi connectivity index (χ2n) is 8.16. The lowest BCUT2D eigenvalue weighted by atomic mass is 9.85. The Labute approximate surface area is 130 Å². The summed E-state index contributed by atoms with van der Waals surface area (Å²) >= 11 is 1.89. The molecule has 1 unspecified atom stereocenters. The van der Waals surface area contributed by atoms with Gasteiger partial charge in [0.15, 0.2) is 0 Å². The summed E-state index contributed by atoms with van der Waals surface area (Å²) in [5, 5.41) is 0. The second-order valence-corrected chi connectivity index (χ2v) is 9.45. The maximum Gasteiger partial charge on any atom is 0.0141 e. The highest BCUT2D eigenvalue weighted by atomic mass is 32.1. The summed E-state index contributed by atoms with van der Waals surface area (Å²) in [4.78, 5) is 5.37. The summed E-state index contributed by atoms with van der Waals surface area (Å²) in [6.07, 6.45) is 2.78. The summed E-state index contributed by atoms with van der Waals surface area (Å²) in [6.45, 7) is 17.2. The highest BCUT2D eigenvalue weighted by molar-refractivity contribution is 7.12. The van der Waals surface area contributed by atoms with E-state index in [4.69, 9.17) is 0 Å². The molecule has 2 heteroatoms. The van der Waals surface area contributed by atoms with Crippen molar-refractivity contribution >= 4 is 11.3 Å². The Morgan fingerprint density at radius 1 is 1.10 bits per heavy atom. The molecule has 116 valence electrons. The van der Waals surface area contributed by atoms with Crippen molar-refractivity contribution in [3.63, 3.8) is 0 Å². The van der Waals surface area contributed by atoms with Gasteiger partial charge in [0.1, 0.15) is 0 Å². The molecule has 2 heterocycles. The standard InChI is InChI=1S/C9H19N.C9H14S/c1-9(2,3)8-6-5-7-10(8)4;1-7-5-6-8(10-7)9(2,3)4/h8H,5-7H2,1-4H3;5-6H,1-4H3. The maximum absolute atomic E-state index is 2.49. The lowest BCUT2D eigenvalue weighted by Gasteiger charge is -2.32. The van der Waals surface area contributed by atoms with Gasteiger partial charge in [-0.3, -0.25) is 0 Å². The van der Waals surface area contributed by atoms with Crippen molar-refractivity contribution in [2.45, 2.75) is 72.8 Å². The van der Waals surface area contributed by atoms with Crippen LogP contribution in [0.1, 0.15) is 64.1 Å². The molecule has 0 saturated carbocycles. The van der Waals surface area contributed by atoms with Crippen molar-refractivity contribution in [3.05, 3.63) is 21.9 Å². The highest BCUT2D eigenvalue weighted by Gasteiger charge is 2.31. The lowest BCUT2D eigenvalue weighted by molar-refractivity contribution is 0.169. The van der Waals surface area contributed by atoms with E-state index in [2.05, 4.69) is 72.5 Å². The molecule has 2 rings (SSSR count). The Kier molecular flexibility index (Phi) is 5.86. The zero-order valence-electron chi connectivity index (χ0n) is 14.7. The minimum absolute atomic E-state index is 0.332. The summed E-state index contributed by atoms with van der Waals surface area (Å²) in [6, 6.07) is 5.22. The Morgan fingerprint density at radius 3 is 1.90 bits per heavy atom. The van der Waals surface area contributed by atoms with Gasteiger partial charge in [-0.15, -0.1) is 11.3 Å². The monoisotopic (exact) mass is 295 g/mol. The van der Waals surface area contributed by atoms with Crippen LogP contribution in [0.5, 0.6) is 0 Å². The molecule has 1 fully saturated rings. The number of rotatable bonds is 0. The van der Waals surface area contributed by atoms with Gasteiger partial charge in [0.05, 0.1) is 0 Å². The van der Waals surface area contributed by atoms with Crippen LogP contribution >= 0.6 is 11.3 Å². The first-order chi connectivity index (χ1) is 9.01. The van der Waals surface area contributed by atoms with Crippen LogP contribution in [0.4, 0.5) is 0 Å². The largest absolute Gasteiger partial charge is 0.303 e. The SMILES string of the molecule is CN1CCCC1C(C)(C)C.Cc1ccc(C(C)(C)C)s1. The Bertz CT molecular complexity index is 406. The first-order valence-electron chi connectivity index (χ1n) is 7.79. The molecule has 1 atom stereocenters. The minimum atomic E-state index is 0.332. The van der Waals surface area contributed by atoms with Gasteiger partial charge in [0.2, 0.25) is 0 Å². The number of thiophene rings is 1. The molecule has 0 amide bonds. The number of aryl methyl sites for hydroxylation is 1. The summed E-state index contributed by atoms with van der Waals surface area (Å²) in [5.74, 6) is 0. The van der Waals surface area contributed by atoms with E-state index in [-0.39, 0.29) is 0 Å². The molecule has 1 saturated heterocycles. The van der Waals surface area contributed by atoms with Gasteiger partial charge in [0.25, 0.3) is 0 Å². The Hall–Kier alpha value is -0.340. The predicted octanol–water partition coefficient (Wildman–Crippen LogP) is 5.48. The van der Waals surface area contributed by atoms with Gasteiger partial charge in [-0.05, 0) is 56.3 Å². The average molecular weight is 296 g/mol. The zero-order chi connectivity index (χ0) is 15.6. The van der Waals surface area contributed by atoms with E-state index in [0.29, 0.717) is 10.8 Å². The number of nitrogens with zero attached hydrogens (tertiary/aromatic N) is 1. The van der Waals surface area contributed by atoms with Crippen molar-refractivity contribution in [2.75, 3.05) is 13.6 Å². The first kappa shape index (κ1) is 17.7. The van der Waals surface area contributed by atoms with Crippen LogP contribution < -0.4 is 0 Å². The van der Waals surface area contributed by atoms with Crippen molar-refractivity contribution in [1.82, 2.24) is 4.90 Å². The Balaban J connectivity index is 0.000000200. The molecule has 1 nitrogen and oxygen atoms in total. The van der Waals surface area contributed by atoms with Crippen molar-refractivity contribution in [3.8, 4) is 0 Å². The molecule has 1 aromatic rings. The predicted molar refractivity (Wildman–Crippen MR) is 92.9 cm³/mol. The van der Waals surface area contributed by atoms with Crippen LogP contribution in [-0.2, 0) is 5.41 Å². The van der Waals surface area contributed by atoms with E-state index < -0.39 is 0 Å². The van der Waals surface area contributed by atoms with Gasteiger partial charge in [-0.1, -0.05) is 41.5 Å². The molecular weight excluding hydrogens is 262 g/mol. The third kappa shape index (κ3) is 5.21. The van der Waals surface area contributed by atoms with Crippen LogP contribution in [0.15, 0.2) is 12.1 Å². The molecule has 1 aliphatic rings. The average Bonchev–Trinajstić information content (AvgIpc) is 2.85. The van der Waals surface area contributed by atoms with Crippen molar-refractivity contribution < 1.29 is 0 Å². The molecule has 0 aromatic carbocycles. The normalized spacial score (nSPS) is 20.7. The molecule has 0 spiro atoms. The third-order valence-corrected chi connectivity index (χ3v) is 5.43. The van der Waals surface area contributed by atoms with E-state index in [1.807, 2.05) is 11.3 Å². The molecule has 0 N–H and O–H groups in total. The van der Waals surface area contributed by atoms with Crippen molar-refractivity contribution in [1.29, 1.82) is 0 Å². The second kappa shape index (κ2) is 6.62. The van der Waals surface area contributed by atoms with Gasteiger partial charge in [0, 0.05) is 15.8 Å². The highest BCUT2D eigenvalue weighted by Crippen LogP contribution is 2.31. The fourth-order valence-electron chi connectivity index (χ4n) is 2.84. The summed E-state index contributed by atoms with van der Waals surface area (Å²) < 4.78 is 0. The molecule has 20 heavy (non-hydrogen) atoms. The van der Waals surface area contributed by atoms with E-state index in [9.17, 15) is 0 Å². The number of hydrogen-bond donors (Lipinski definition) is 0. The molecule has 0 bridgehead atoms. The molecule has 0 aliphatic carbocycles. The smallest absolute Gasteiger partial charge is 0.0141 e. The number of hydrogen-bond acceptors (Lipinski definition) is 2. The van der Waals surface area contributed by atoms with Gasteiger partial charge in [-0.25, -0.2) is 0 Å². The summed E-state index contributed by atoms with van der Waals surface area (Å²) in [5.41, 5.74) is 0.810. The maximum atomic E-state index is 2.49. The molecule has 1 aromatic heterocycles. The molecule has 0 radical (unpaired) electrons. The van der Waals surface area contributed by atoms with E-state index in [0.717, 1.165) is 6.04 Å². The van der Waals surface area contributed by atoms with Crippen LogP contribution in [0.25, 0.3) is 0 Å². The minimum Gasteiger partial charge on any atom is -0.303 e. The molecular formula is C18H33NS. The zero-order valence-corrected chi connectivity index (χ0v) is 15.5. The van der Waals surface area contributed by atoms with Gasteiger partial charge >= 0.3 is 0 Å².